The zero-order valence-electron chi connectivity index (χ0n) is 13.0. The van der Waals surface area contributed by atoms with Crippen LogP contribution < -0.4 is 5.32 Å². The summed E-state index contributed by atoms with van der Waals surface area (Å²) < 4.78 is 0. The Morgan fingerprint density at radius 3 is 2.58 bits per heavy atom. The van der Waals surface area contributed by atoms with Crippen LogP contribution in [0.25, 0.3) is 0 Å². The Hall–Kier alpha value is -0.890. The molecular weight excluding hydrogens is 232 g/mol. The highest BCUT2D eigenvalue weighted by molar-refractivity contribution is 5.24. The molecule has 106 valence electrons. The highest BCUT2D eigenvalue weighted by Crippen LogP contribution is 2.42. The SMILES string of the molecule is CNC1CC(C)CCC1C(C)(C)c1ccc(C)nc1. The van der Waals surface area contributed by atoms with Gasteiger partial charge >= 0.3 is 0 Å². The third kappa shape index (κ3) is 3.00. The van der Waals surface area contributed by atoms with Crippen LogP contribution in [0.3, 0.4) is 0 Å². The first-order valence-electron chi connectivity index (χ1n) is 7.55. The second-order valence-electron chi connectivity index (χ2n) is 6.83. The van der Waals surface area contributed by atoms with Crippen LogP contribution in [0.15, 0.2) is 18.3 Å². The molecule has 0 aliphatic heterocycles. The van der Waals surface area contributed by atoms with Crippen LogP contribution in [0, 0.1) is 18.8 Å². The normalized spacial score (nSPS) is 28.4. The van der Waals surface area contributed by atoms with Gasteiger partial charge in [-0.15, -0.1) is 0 Å². The van der Waals surface area contributed by atoms with E-state index in [1.54, 1.807) is 0 Å². The van der Waals surface area contributed by atoms with E-state index in [0.29, 0.717) is 12.0 Å². The van der Waals surface area contributed by atoms with E-state index in [0.717, 1.165) is 11.6 Å². The Balaban J connectivity index is 2.24. The molecule has 1 aromatic rings. The van der Waals surface area contributed by atoms with Crippen molar-refractivity contribution in [3.05, 3.63) is 29.6 Å². The molecule has 1 aliphatic rings. The third-order valence-electron chi connectivity index (χ3n) is 5.07. The summed E-state index contributed by atoms with van der Waals surface area (Å²) in [5, 5.41) is 3.55. The molecule has 0 radical (unpaired) electrons. The number of rotatable bonds is 3. The fourth-order valence-electron chi connectivity index (χ4n) is 3.63. The minimum absolute atomic E-state index is 0.189. The Bertz CT molecular complexity index is 408. The summed E-state index contributed by atoms with van der Waals surface area (Å²) in [7, 11) is 2.11. The molecule has 3 unspecified atom stereocenters. The maximum absolute atomic E-state index is 4.49. The van der Waals surface area contributed by atoms with Gasteiger partial charge in [-0.05, 0) is 55.7 Å². The van der Waals surface area contributed by atoms with Crippen molar-refractivity contribution in [3.63, 3.8) is 0 Å². The number of aryl methyl sites for hydroxylation is 1. The van der Waals surface area contributed by atoms with Crippen LogP contribution in [0.5, 0.6) is 0 Å². The number of pyridine rings is 1. The molecule has 1 aromatic heterocycles. The van der Waals surface area contributed by atoms with Crippen LogP contribution in [-0.4, -0.2) is 18.1 Å². The van der Waals surface area contributed by atoms with Crippen molar-refractivity contribution in [2.24, 2.45) is 11.8 Å². The highest BCUT2D eigenvalue weighted by Gasteiger charge is 2.39. The second kappa shape index (κ2) is 5.62. The summed E-state index contributed by atoms with van der Waals surface area (Å²) in [4.78, 5) is 4.49. The van der Waals surface area contributed by atoms with Crippen molar-refractivity contribution < 1.29 is 0 Å². The smallest absolute Gasteiger partial charge is 0.0372 e. The molecule has 1 aliphatic carbocycles. The predicted molar refractivity (Wildman–Crippen MR) is 81.4 cm³/mol. The van der Waals surface area contributed by atoms with Gasteiger partial charge in [0.25, 0.3) is 0 Å². The highest BCUT2D eigenvalue weighted by atomic mass is 14.9. The first-order chi connectivity index (χ1) is 8.95. The maximum Gasteiger partial charge on any atom is 0.0372 e. The summed E-state index contributed by atoms with van der Waals surface area (Å²) in [5.41, 5.74) is 2.66. The summed E-state index contributed by atoms with van der Waals surface area (Å²) in [6, 6.07) is 5.02. The van der Waals surface area contributed by atoms with Gasteiger partial charge in [0, 0.05) is 17.9 Å². The zero-order chi connectivity index (χ0) is 14.0. The number of aromatic nitrogens is 1. The van der Waals surface area contributed by atoms with Gasteiger partial charge in [0.05, 0.1) is 0 Å². The molecule has 2 heteroatoms. The van der Waals surface area contributed by atoms with Crippen LogP contribution in [-0.2, 0) is 5.41 Å². The zero-order valence-corrected chi connectivity index (χ0v) is 13.0. The molecule has 0 saturated heterocycles. The summed E-state index contributed by atoms with van der Waals surface area (Å²) in [5.74, 6) is 1.54. The van der Waals surface area contributed by atoms with Gasteiger partial charge in [0.2, 0.25) is 0 Å². The van der Waals surface area contributed by atoms with E-state index in [1.165, 1.54) is 24.8 Å². The summed E-state index contributed by atoms with van der Waals surface area (Å²) >= 11 is 0. The first kappa shape index (κ1) is 14.5. The van der Waals surface area contributed by atoms with E-state index in [9.17, 15) is 0 Å². The van der Waals surface area contributed by atoms with Crippen LogP contribution in [0.1, 0.15) is 51.3 Å². The molecule has 0 spiro atoms. The van der Waals surface area contributed by atoms with Gasteiger partial charge in [-0.25, -0.2) is 0 Å². The van der Waals surface area contributed by atoms with E-state index in [2.05, 4.69) is 63.4 Å². The Kier molecular flexibility index (Phi) is 4.29. The first-order valence-corrected chi connectivity index (χ1v) is 7.55. The lowest BCUT2D eigenvalue weighted by atomic mass is 9.64. The van der Waals surface area contributed by atoms with Crippen molar-refractivity contribution in [1.82, 2.24) is 10.3 Å². The molecular formula is C17H28N2. The molecule has 1 heterocycles. The monoisotopic (exact) mass is 260 g/mol. The number of hydrogen-bond donors (Lipinski definition) is 1. The van der Waals surface area contributed by atoms with Crippen molar-refractivity contribution >= 4 is 0 Å². The van der Waals surface area contributed by atoms with Crippen LogP contribution in [0.2, 0.25) is 0 Å². The molecule has 1 saturated carbocycles. The third-order valence-corrected chi connectivity index (χ3v) is 5.07. The van der Waals surface area contributed by atoms with Gasteiger partial charge in [-0.3, -0.25) is 4.98 Å². The van der Waals surface area contributed by atoms with E-state index in [-0.39, 0.29) is 5.41 Å². The molecule has 2 nitrogen and oxygen atoms in total. The topological polar surface area (TPSA) is 24.9 Å². The van der Waals surface area contributed by atoms with Gasteiger partial charge in [-0.1, -0.05) is 33.3 Å². The average molecular weight is 260 g/mol. The Morgan fingerprint density at radius 2 is 2.00 bits per heavy atom. The quantitative estimate of drug-likeness (QED) is 0.896. The molecule has 0 aromatic carbocycles. The minimum Gasteiger partial charge on any atom is -0.317 e. The van der Waals surface area contributed by atoms with Crippen molar-refractivity contribution in [2.75, 3.05) is 7.05 Å². The molecule has 19 heavy (non-hydrogen) atoms. The standard InChI is InChI=1S/C17H28N2/c1-12-6-9-15(16(10-12)18-5)17(3,4)14-8-7-13(2)19-11-14/h7-8,11-12,15-16,18H,6,9-10H2,1-5H3. The molecule has 1 N–H and O–H groups in total. The van der Waals surface area contributed by atoms with Crippen molar-refractivity contribution in [3.8, 4) is 0 Å². The molecule has 3 atom stereocenters. The van der Waals surface area contributed by atoms with E-state index in [4.69, 9.17) is 0 Å². The van der Waals surface area contributed by atoms with E-state index < -0.39 is 0 Å². The van der Waals surface area contributed by atoms with Gasteiger partial charge in [0.1, 0.15) is 0 Å². The predicted octanol–water partition coefficient (Wildman–Crippen LogP) is 3.69. The second-order valence-corrected chi connectivity index (χ2v) is 6.83. The lowest BCUT2D eigenvalue weighted by molar-refractivity contribution is 0.151. The van der Waals surface area contributed by atoms with Gasteiger partial charge in [-0.2, -0.15) is 0 Å². The van der Waals surface area contributed by atoms with E-state index in [1.807, 2.05) is 0 Å². The molecule has 1 fully saturated rings. The number of nitrogens with one attached hydrogen (secondary N) is 1. The lowest BCUT2D eigenvalue weighted by Gasteiger charge is -2.44. The average Bonchev–Trinajstić information content (AvgIpc) is 2.38. The van der Waals surface area contributed by atoms with Crippen LogP contribution in [0.4, 0.5) is 0 Å². The number of nitrogens with zero attached hydrogens (tertiary/aromatic N) is 1. The Labute approximate surface area is 118 Å². The molecule has 2 rings (SSSR count). The van der Waals surface area contributed by atoms with Crippen molar-refractivity contribution in [1.29, 1.82) is 0 Å². The largest absolute Gasteiger partial charge is 0.317 e. The van der Waals surface area contributed by atoms with Gasteiger partial charge < -0.3 is 5.32 Å². The van der Waals surface area contributed by atoms with E-state index >= 15 is 0 Å². The van der Waals surface area contributed by atoms with Crippen molar-refractivity contribution in [2.45, 2.75) is 58.4 Å². The Morgan fingerprint density at radius 1 is 1.26 bits per heavy atom. The maximum atomic E-state index is 4.49. The lowest BCUT2D eigenvalue weighted by Crippen LogP contribution is -2.47. The van der Waals surface area contributed by atoms with Gasteiger partial charge in [0.15, 0.2) is 0 Å². The fraction of sp³-hybridized carbons (Fsp3) is 0.706. The number of hydrogen-bond acceptors (Lipinski definition) is 2. The summed E-state index contributed by atoms with van der Waals surface area (Å²) in [6.45, 7) is 9.19. The molecule has 0 bridgehead atoms. The fourth-order valence-corrected chi connectivity index (χ4v) is 3.63. The minimum atomic E-state index is 0.189. The molecule has 0 amide bonds. The summed E-state index contributed by atoms with van der Waals surface area (Å²) in [6.07, 6.45) is 6.03. The van der Waals surface area contributed by atoms with Crippen LogP contribution >= 0.6 is 0 Å².